The number of rotatable bonds is 8. The zero-order valence-electron chi connectivity index (χ0n) is 15.5. The lowest BCUT2D eigenvalue weighted by molar-refractivity contribution is 0.0793. The van der Waals surface area contributed by atoms with Crippen LogP contribution in [0.5, 0.6) is 0 Å². The van der Waals surface area contributed by atoms with Crippen molar-refractivity contribution < 1.29 is 4.74 Å². The predicted octanol–water partition coefficient (Wildman–Crippen LogP) is 3.73. The highest BCUT2D eigenvalue weighted by molar-refractivity contribution is 8.00. The SMILES string of the molecule is CCNC(=NCC1(SCC)CCOCC1)NCCC1=CCCCC1. The van der Waals surface area contributed by atoms with Crippen LogP contribution in [0.3, 0.4) is 0 Å². The van der Waals surface area contributed by atoms with Gasteiger partial charge in [-0.2, -0.15) is 11.8 Å². The summed E-state index contributed by atoms with van der Waals surface area (Å²) >= 11 is 2.05. The van der Waals surface area contributed by atoms with Crippen LogP contribution in [0.4, 0.5) is 0 Å². The maximum atomic E-state index is 5.56. The molecule has 138 valence electrons. The first kappa shape index (κ1) is 19.6. The minimum atomic E-state index is 0.265. The van der Waals surface area contributed by atoms with E-state index < -0.39 is 0 Å². The van der Waals surface area contributed by atoms with E-state index in [0.29, 0.717) is 0 Å². The summed E-state index contributed by atoms with van der Waals surface area (Å²) in [4.78, 5) is 4.91. The molecule has 1 aliphatic heterocycles. The van der Waals surface area contributed by atoms with Gasteiger partial charge in [0.25, 0.3) is 0 Å². The highest BCUT2D eigenvalue weighted by Gasteiger charge is 2.32. The first-order valence-corrected chi connectivity index (χ1v) is 10.7. The van der Waals surface area contributed by atoms with Gasteiger partial charge in [0.2, 0.25) is 0 Å². The highest BCUT2D eigenvalue weighted by atomic mass is 32.2. The Morgan fingerprint density at radius 1 is 1.25 bits per heavy atom. The Labute approximate surface area is 152 Å². The molecular weight excluding hydrogens is 318 g/mol. The maximum Gasteiger partial charge on any atom is 0.191 e. The highest BCUT2D eigenvalue weighted by Crippen LogP contribution is 2.35. The van der Waals surface area contributed by atoms with Gasteiger partial charge in [-0.05, 0) is 57.6 Å². The molecule has 24 heavy (non-hydrogen) atoms. The van der Waals surface area contributed by atoms with E-state index in [-0.39, 0.29) is 4.75 Å². The van der Waals surface area contributed by atoms with Crippen LogP contribution >= 0.6 is 11.8 Å². The fraction of sp³-hybridized carbons (Fsp3) is 0.842. The Kier molecular flexibility index (Phi) is 9.03. The number of hydrogen-bond donors (Lipinski definition) is 2. The Balaban J connectivity index is 1.85. The number of nitrogens with one attached hydrogen (secondary N) is 2. The third-order valence-electron chi connectivity index (χ3n) is 4.85. The molecule has 0 aromatic rings. The van der Waals surface area contributed by atoms with Crippen molar-refractivity contribution in [3.63, 3.8) is 0 Å². The standard InChI is InChI=1S/C19H35N3OS/c1-3-20-18(21-13-10-17-8-6-5-7-9-17)22-16-19(24-4-2)11-14-23-15-12-19/h8H,3-7,9-16H2,1-2H3,(H2,20,21,22). The fourth-order valence-corrected chi connectivity index (χ4v) is 4.66. The molecule has 0 bridgehead atoms. The summed E-state index contributed by atoms with van der Waals surface area (Å²) in [5.41, 5.74) is 1.62. The van der Waals surface area contributed by atoms with Gasteiger partial charge in [-0.25, -0.2) is 0 Å². The third kappa shape index (κ3) is 6.67. The second-order valence-corrected chi connectivity index (χ2v) is 8.44. The van der Waals surface area contributed by atoms with E-state index in [1.807, 2.05) is 0 Å². The molecule has 0 aromatic heterocycles. The van der Waals surface area contributed by atoms with Gasteiger partial charge in [0.05, 0.1) is 6.54 Å². The second kappa shape index (κ2) is 11.0. The zero-order valence-corrected chi connectivity index (χ0v) is 16.3. The molecule has 0 atom stereocenters. The third-order valence-corrected chi connectivity index (χ3v) is 6.29. The second-order valence-electron chi connectivity index (χ2n) is 6.71. The number of hydrogen-bond acceptors (Lipinski definition) is 3. The average molecular weight is 354 g/mol. The van der Waals surface area contributed by atoms with Crippen molar-refractivity contribution in [2.24, 2.45) is 4.99 Å². The van der Waals surface area contributed by atoms with Gasteiger partial charge in [-0.15, -0.1) is 0 Å². The van der Waals surface area contributed by atoms with Gasteiger partial charge in [0.15, 0.2) is 5.96 Å². The first-order valence-electron chi connectivity index (χ1n) is 9.70. The molecule has 1 fully saturated rings. The summed E-state index contributed by atoms with van der Waals surface area (Å²) in [5.74, 6) is 2.12. The topological polar surface area (TPSA) is 45.7 Å². The molecule has 0 saturated carbocycles. The van der Waals surface area contributed by atoms with E-state index in [0.717, 1.165) is 63.8 Å². The monoisotopic (exact) mass is 353 g/mol. The number of aliphatic imine (C=N–C) groups is 1. The molecule has 0 amide bonds. The van der Waals surface area contributed by atoms with Crippen molar-refractivity contribution >= 4 is 17.7 Å². The summed E-state index contributed by atoms with van der Waals surface area (Å²) in [6.45, 7) is 8.90. The van der Waals surface area contributed by atoms with E-state index >= 15 is 0 Å². The van der Waals surface area contributed by atoms with Crippen molar-refractivity contribution in [2.45, 2.75) is 63.5 Å². The lowest BCUT2D eigenvalue weighted by Crippen LogP contribution is -2.41. The van der Waals surface area contributed by atoms with Crippen LogP contribution in [0.25, 0.3) is 0 Å². The van der Waals surface area contributed by atoms with E-state index in [4.69, 9.17) is 9.73 Å². The molecule has 2 N–H and O–H groups in total. The molecule has 1 heterocycles. The van der Waals surface area contributed by atoms with Crippen molar-refractivity contribution in [2.75, 3.05) is 38.6 Å². The smallest absolute Gasteiger partial charge is 0.191 e. The Bertz CT molecular complexity index is 411. The molecule has 0 spiro atoms. The average Bonchev–Trinajstić information content (AvgIpc) is 2.62. The molecular formula is C19H35N3OS. The summed E-state index contributed by atoms with van der Waals surface area (Å²) in [7, 11) is 0. The molecule has 0 unspecified atom stereocenters. The molecule has 2 aliphatic rings. The van der Waals surface area contributed by atoms with Crippen LogP contribution in [-0.4, -0.2) is 49.3 Å². The fourth-order valence-electron chi connectivity index (χ4n) is 3.44. The Morgan fingerprint density at radius 3 is 2.75 bits per heavy atom. The van der Waals surface area contributed by atoms with Crippen LogP contribution < -0.4 is 10.6 Å². The van der Waals surface area contributed by atoms with E-state index in [1.54, 1.807) is 5.57 Å². The van der Waals surface area contributed by atoms with Gasteiger partial charge in [0.1, 0.15) is 0 Å². The lowest BCUT2D eigenvalue weighted by Gasteiger charge is -2.35. The number of thioether (sulfide) groups is 1. The van der Waals surface area contributed by atoms with Gasteiger partial charge in [-0.3, -0.25) is 4.99 Å². The van der Waals surface area contributed by atoms with E-state index in [9.17, 15) is 0 Å². The molecule has 5 heteroatoms. The van der Waals surface area contributed by atoms with E-state index in [1.165, 1.54) is 25.7 Å². The van der Waals surface area contributed by atoms with Crippen molar-refractivity contribution in [3.8, 4) is 0 Å². The molecule has 0 aromatic carbocycles. The van der Waals surface area contributed by atoms with Crippen molar-refractivity contribution in [3.05, 3.63) is 11.6 Å². The Hall–Kier alpha value is -0.680. The summed E-state index contributed by atoms with van der Waals surface area (Å²) in [6, 6.07) is 0. The largest absolute Gasteiger partial charge is 0.381 e. The minimum Gasteiger partial charge on any atom is -0.381 e. The predicted molar refractivity (Wildman–Crippen MR) is 106 cm³/mol. The van der Waals surface area contributed by atoms with Gasteiger partial charge in [0, 0.05) is 31.1 Å². The quantitative estimate of drug-likeness (QED) is 0.396. The zero-order chi connectivity index (χ0) is 17.1. The van der Waals surface area contributed by atoms with Crippen LogP contribution in [0.2, 0.25) is 0 Å². The lowest BCUT2D eigenvalue weighted by atomic mass is 9.97. The Morgan fingerprint density at radius 2 is 2.08 bits per heavy atom. The van der Waals surface area contributed by atoms with Crippen LogP contribution in [0.1, 0.15) is 58.8 Å². The molecule has 1 saturated heterocycles. The number of guanidine groups is 1. The van der Waals surface area contributed by atoms with Crippen LogP contribution in [-0.2, 0) is 4.74 Å². The number of nitrogens with zero attached hydrogens (tertiary/aromatic N) is 1. The van der Waals surface area contributed by atoms with Gasteiger partial charge < -0.3 is 15.4 Å². The number of allylic oxidation sites excluding steroid dienone is 1. The number of ether oxygens (including phenoxy) is 1. The summed E-state index contributed by atoms with van der Waals surface area (Å²) in [6.07, 6.45) is 11.1. The molecule has 4 nitrogen and oxygen atoms in total. The summed E-state index contributed by atoms with van der Waals surface area (Å²) in [5, 5.41) is 6.92. The van der Waals surface area contributed by atoms with Crippen LogP contribution in [0, 0.1) is 0 Å². The van der Waals surface area contributed by atoms with Crippen LogP contribution in [0.15, 0.2) is 16.6 Å². The molecule has 0 radical (unpaired) electrons. The van der Waals surface area contributed by atoms with Crippen molar-refractivity contribution in [1.29, 1.82) is 0 Å². The normalized spacial score (nSPS) is 21.2. The van der Waals surface area contributed by atoms with Gasteiger partial charge in [-0.1, -0.05) is 18.6 Å². The van der Waals surface area contributed by atoms with Gasteiger partial charge >= 0.3 is 0 Å². The summed E-state index contributed by atoms with van der Waals surface area (Å²) < 4.78 is 5.82. The minimum absolute atomic E-state index is 0.265. The van der Waals surface area contributed by atoms with Crippen molar-refractivity contribution in [1.82, 2.24) is 10.6 Å². The maximum absolute atomic E-state index is 5.56. The first-order chi connectivity index (χ1) is 11.8. The molecule has 2 rings (SSSR count). The van der Waals surface area contributed by atoms with E-state index in [2.05, 4.69) is 42.3 Å². The molecule has 1 aliphatic carbocycles.